The highest BCUT2D eigenvalue weighted by atomic mass is 19.4. The van der Waals surface area contributed by atoms with E-state index in [1.807, 2.05) is 11.5 Å². The maximum atomic E-state index is 13.7. The quantitative estimate of drug-likeness (QED) is 0.475. The summed E-state index contributed by atoms with van der Waals surface area (Å²) in [6, 6.07) is 7.94. The van der Waals surface area contributed by atoms with Crippen LogP contribution in [0.25, 0.3) is 16.9 Å². The highest BCUT2D eigenvalue weighted by molar-refractivity contribution is 5.98. The van der Waals surface area contributed by atoms with Gasteiger partial charge in [-0.3, -0.25) is 9.20 Å². The lowest BCUT2D eigenvalue weighted by Gasteiger charge is -2.12. The zero-order chi connectivity index (χ0) is 22.0. The molecule has 1 N–H and O–H groups in total. The molecule has 160 valence electrons. The summed E-state index contributed by atoms with van der Waals surface area (Å²) >= 11 is 0. The van der Waals surface area contributed by atoms with Crippen molar-refractivity contribution in [3.63, 3.8) is 0 Å². The van der Waals surface area contributed by atoms with Gasteiger partial charge in [0.05, 0.1) is 12.0 Å². The van der Waals surface area contributed by atoms with Gasteiger partial charge in [-0.05, 0) is 19.4 Å². The van der Waals surface area contributed by atoms with Crippen LogP contribution in [0.1, 0.15) is 28.2 Å². The summed E-state index contributed by atoms with van der Waals surface area (Å²) in [5.74, 6) is -0.574. The van der Waals surface area contributed by atoms with Gasteiger partial charge >= 0.3 is 6.18 Å². The molecular formula is C21H19F3N6O. The summed E-state index contributed by atoms with van der Waals surface area (Å²) in [6.45, 7) is 2.87. The minimum Gasteiger partial charge on any atom is -0.351 e. The summed E-state index contributed by atoms with van der Waals surface area (Å²) < 4.78 is 43.7. The van der Waals surface area contributed by atoms with Gasteiger partial charge in [0.15, 0.2) is 11.3 Å². The summed E-state index contributed by atoms with van der Waals surface area (Å²) in [5, 5.41) is 2.69. The number of benzene rings is 1. The number of hydrogen-bond acceptors (Lipinski definition) is 4. The van der Waals surface area contributed by atoms with Crippen molar-refractivity contribution in [3.05, 3.63) is 72.3 Å². The molecular weight excluding hydrogens is 409 g/mol. The van der Waals surface area contributed by atoms with Crippen LogP contribution in [0.5, 0.6) is 0 Å². The van der Waals surface area contributed by atoms with Crippen LogP contribution in [0.4, 0.5) is 13.2 Å². The molecule has 0 aliphatic rings. The van der Waals surface area contributed by atoms with E-state index in [2.05, 4.69) is 20.3 Å². The van der Waals surface area contributed by atoms with Gasteiger partial charge in [-0.2, -0.15) is 13.2 Å². The molecule has 0 aliphatic heterocycles. The fraction of sp³-hybridized carbons (Fsp3) is 0.238. The zero-order valence-corrected chi connectivity index (χ0v) is 16.6. The number of carbonyl (C=O) groups is 1. The lowest BCUT2D eigenvalue weighted by atomic mass is 10.1. The number of aromatic nitrogens is 5. The van der Waals surface area contributed by atoms with E-state index in [1.54, 1.807) is 43.0 Å². The fourth-order valence-electron chi connectivity index (χ4n) is 3.19. The molecule has 31 heavy (non-hydrogen) atoms. The average molecular weight is 428 g/mol. The van der Waals surface area contributed by atoms with Crippen molar-refractivity contribution >= 4 is 11.6 Å². The smallest absolute Gasteiger partial charge is 0.351 e. The molecule has 4 rings (SSSR count). The normalized spacial score (nSPS) is 11.7. The molecule has 1 amide bonds. The second kappa shape index (κ2) is 8.21. The van der Waals surface area contributed by atoms with Crippen LogP contribution in [0.15, 0.2) is 55.4 Å². The Kier molecular flexibility index (Phi) is 5.45. The predicted molar refractivity (Wildman–Crippen MR) is 107 cm³/mol. The summed E-state index contributed by atoms with van der Waals surface area (Å²) in [6.07, 6.45) is 2.10. The van der Waals surface area contributed by atoms with Gasteiger partial charge in [-0.25, -0.2) is 15.0 Å². The SMILES string of the molecule is Cc1ccc(-c2cc(C(F)(F)F)n3cnc(C(=O)NCCCn4ccnc4)c3n2)cc1. The Balaban J connectivity index is 1.63. The van der Waals surface area contributed by atoms with E-state index in [9.17, 15) is 18.0 Å². The molecule has 0 aliphatic carbocycles. The number of amides is 1. The number of alkyl halides is 3. The van der Waals surface area contributed by atoms with Gasteiger partial charge in [0.1, 0.15) is 12.0 Å². The van der Waals surface area contributed by atoms with E-state index >= 15 is 0 Å². The minimum atomic E-state index is -4.64. The highest BCUT2D eigenvalue weighted by Gasteiger charge is 2.35. The van der Waals surface area contributed by atoms with Crippen LogP contribution in [-0.2, 0) is 12.7 Å². The van der Waals surface area contributed by atoms with Gasteiger partial charge in [0, 0.05) is 31.0 Å². The number of imidazole rings is 2. The van der Waals surface area contributed by atoms with Crippen molar-refractivity contribution in [1.82, 2.24) is 29.2 Å². The fourth-order valence-corrected chi connectivity index (χ4v) is 3.19. The average Bonchev–Trinajstić information content (AvgIpc) is 3.40. The summed E-state index contributed by atoms with van der Waals surface area (Å²) in [5.41, 5.74) is 0.376. The molecule has 0 radical (unpaired) electrons. The van der Waals surface area contributed by atoms with Crippen LogP contribution in [0, 0.1) is 6.92 Å². The van der Waals surface area contributed by atoms with Crippen molar-refractivity contribution in [1.29, 1.82) is 0 Å². The minimum absolute atomic E-state index is 0.120. The first kappa shape index (κ1) is 20.6. The van der Waals surface area contributed by atoms with Crippen LogP contribution < -0.4 is 5.32 Å². The number of nitrogens with zero attached hydrogens (tertiary/aromatic N) is 5. The third-order valence-corrected chi connectivity index (χ3v) is 4.79. The molecule has 3 aromatic heterocycles. The Morgan fingerprint density at radius 3 is 2.61 bits per heavy atom. The van der Waals surface area contributed by atoms with Crippen LogP contribution in [-0.4, -0.2) is 36.4 Å². The molecule has 1 aromatic carbocycles. The van der Waals surface area contributed by atoms with E-state index in [-0.39, 0.29) is 17.0 Å². The number of fused-ring (bicyclic) bond motifs is 1. The van der Waals surface area contributed by atoms with Crippen molar-refractivity contribution < 1.29 is 18.0 Å². The molecule has 0 atom stereocenters. The van der Waals surface area contributed by atoms with Crippen LogP contribution in [0.2, 0.25) is 0 Å². The monoisotopic (exact) mass is 428 g/mol. The Morgan fingerprint density at radius 2 is 1.94 bits per heavy atom. The molecule has 0 fully saturated rings. The third-order valence-electron chi connectivity index (χ3n) is 4.79. The van der Waals surface area contributed by atoms with E-state index in [0.29, 0.717) is 25.1 Å². The maximum absolute atomic E-state index is 13.7. The summed E-state index contributed by atoms with van der Waals surface area (Å²) in [4.78, 5) is 24.8. The predicted octanol–water partition coefficient (Wildman–Crippen LogP) is 3.74. The van der Waals surface area contributed by atoms with Gasteiger partial charge in [-0.1, -0.05) is 29.8 Å². The van der Waals surface area contributed by atoms with E-state index < -0.39 is 17.8 Å². The van der Waals surface area contributed by atoms with Crippen molar-refractivity contribution in [2.24, 2.45) is 0 Å². The van der Waals surface area contributed by atoms with Crippen LogP contribution >= 0.6 is 0 Å². The van der Waals surface area contributed by atoms with Crippen molar-refractivity contribution in [2.45, 2.75) is 26.1 Å². The van der Waals surface area contributed by atoms with Crippen LogP contribution in [0.3, 0.4) is 0 Å². The Hall–Kier alpha value is -3.69. The Bertz CT molecular complexity index is 1200. The molecule has 10 heteroatoms. The number of carbonyl (C=O) groups excluding carboxylic acids is 1. The number of halogens is 3. The first-order valence-electron chi connectivity index (χ1n) is 9.59. The number of hydrogen-bond donors (Lipinski definition) is 1. The number of nitrogens with one attached hydrogen (secondary N) is 1. The van der Waals surface area contributed by atoms with Crippen molar-refractivity contribution in [3.8, 4) is 11.3 Å². The first-order valence-corrected chi connectivity index (χ1v) is 9.59. The second-order valence-corrected chi connectivity index (χ2v) is 7.09. The molecule has 0 saturated carbocycles. The summed E-state index contributed by atoms with van der Waals surface area (Å²) in [7, 11) is 0. The Labute approximate surface area is 175 Å². The van der Waals surface area contributed by atoms with Gasteiger partial charge in [0.2, 0.25) is 0 Å². The number of aryl methyl sites for hydroxylation is 2. The third kappa shape index (κ3) is 4.42. The van der Waals surface area contributed by atoms with E-state index in [4.69, 9.17) is 0 Å². The van der Waals surface area contributed by atoms with E-state index in [1.165, 1.54) is 0 Å². The maximum Gasteiger partial charge on any atom is 0.431 e. The largest absolute Gasteiger partial charge is 0.431 e. The molecule has 0 bridgehead atoms. The van der Waals surface area contributed by atoms with Gasteiger partial charge < -0.3 is 9.88 Å². The zero-order valence-electron chi connectivity index (χ0n) is 16.6. The molecule has 4 aromatic rings. The Morgan fingerprint density at radius 1 is 1.16 bits per heavy atom. The standard InChI is InChI=1S/C21H19F3N6O/c1-14-3-5-15(6-4-14)16-11-17(21(22,23)24)30-13-27-18(19(30)28-16)20(31)26-7-2-9-29-10-8-25-12-29/h3-6,8,10-13H,2,7,9H2,1H3,(H,26,31). The second-order valence-electron chi connectivity index (χ2n) is 7.09. The topological polar surface area (TPSA) is 77.1 Å². The molecule has 3 heterocycles. The van der Waals surface area contributed by atoms with E-state index in [0.717, 1.165) is 22.4 Å². The van der Waals surface area contributed by atoms with Crippen molar-refractivity contribution in [2.75, 3.05) is 6.54 Å². The first-order chi connectivity index (χ1) is 14.8. The molecule has 0 saturated heterocycles. The molecule has 7 nitrogen and oxygen atoms in total. The van der Waals surface area contributed by atoms with Gasteiger partial charge in [0.25, 0.3) is 5.91 Å². The lowest BCUT2D eigenvalue weighted by molar-refractivity contribution is -0.142. The van der Waals surface area contributed by atoms with Gasteiger partial charge in [-0.15, -0.1) is 0 Å². The lowest BCUT2D eigenvalue weighted by Crippen LogP contribution is -2.26. The highest BCUT2D eigenvalue weighted by Crippen LogP contribution is 2.33. The molecule has 0 spiro atoms. The molecule has 0 unspecified atom stereocenters. The number of rotatable bonds is 6.